The molecule has 4 amide bonds. The maximum absolute atomic E-state index is 13.0. The molecule has 2 aromatic rings. The first-order valence-corrected chi connectivity index (χ1v) is 11.6. The second-order valence-electron chi connectivity index (χ2n) is 9.01. The zero-order valence-corrected chi connectivity index (χ0v) is 19.7. The monoisotopic (exact) mass is 504 g/mol. The Morgan fingerprint density at radius 1 is 0.917 bits per heavy atom. The van der Waals surface area contributed by atoms with E-state index in [-0.39, 0.29) is 17.5 Å². The number of likely N-dealkylation sites (tertiary alicyclic amines) is 1. The number of urea groups is 1. The number of amides is 4. The lowest BCUT2D eigenvalue weighted by atomic mass is 9.89. The summed E-state index contributed by atoms with van der Waals surface area (Å²) in [6, 6.07) is 10.6. The third-order valence-corrected chi connectivity index (χ3v) is 6.39. The minimum Gasteiger partial charge on any atom is -0.371 e. The van der Waals surface area contributed by atoms with Crippen molar-refractivity contribution in [3.05, 3.63) is 59.7 Å². The second-order valence-corrected chi connectivity index (χ2v) is 9.01. The van der Waals surface area contributed by atoms with E-state index in [1.807, 2.05) is 0 Å². The molecule has 0 saturated carbocycles. The Kier molecular flexibility index (Phi) is 7.21. The van der Waals surface area contributed by atoms with Gasteiger partial charge in [-0.3, -0.25) is 9.59 Å². The molecule has 36 heavy (non-hydrogen) atoms. The van der Waals surface area contributed by atoms with E-state index in [2.05, 4.69) is 10.6 Å². The van der Waals surface area contributed by atoms with Crippen molar-refractivity contribution >= 4 is 29.2 Å². The molecule has 2 N–H and O–H groups in total. The lowest BCUT2D eigenvalue weighted by Gasteiger charge is -2.47. The van der Waals surface area contributed by atoms with Crippen molar-refractivity contribution in [3.63, 3.8) is 0 Å². The number of morpholine rings is 1. The van der Waals surface area contributed by atoms with Gasteiger partial charge in [0.1, 0.15) is 0 Å². The number of carbonyl (C=O) groups is 3. The van der Waals surface area contributed by atoms with Gasteiger partial charge in [-0.2, -0.15) is 13.2 Å². The number of halogens is 3. The number of anilines is 2. The molecule has 0 aromatic heterocycles. The summed E-state index contributed by atoms with van der Waals surface area (Å²) in [5, 5.41) is 5.32. The molecule has 11 heteroatoms. The van der Waals surface area contributed by atoms with Crippen LogP contribution in [-0.2, 0) is 15.7 Å². The van der Waals surface area contributed by atoms with Crippen molar-refractivity contribution in [2.24, 2.45) is 0 Å². The van der Waals surface area contributed by atoms with Crippen molar-refractivity contribution in [3.8, 4) is 0 Å². The van der Waals surface area contributed by atoms with Gasteiger partial charge in [0.15, 0.2) is 0 Å². The molecule has 0 unspecified atom stereocenters. The summed E-state index contributed by atoms with van der Waals surface area (Å²) in [6.07, 6.45) is -3.37. The Balaban J connectivity index is 1.34. The third kappa shape index (κ3) is 5.96. The number of piperidine rings is 1. The summed E-state index contributed by atoms with van der Waals surface area (Å²) in [4.78, 5) is 40.4. The Morgan fingerprint density at radius 2 is 1.61 bits per heavy atom. The van der Waals surface area contributed by atoms with Gasteiger partial charge in [-0.25, -0.2) is 4.79 Å². The largest absolute Gasteiger partial charge is 0.416 e. The number of nitrogens with one attached hydrogen (secondary N) is 2. The summed E-state index contributed by atoms with van der Waals surface area (Å²) in [6.45, 7) is 3.28. The van der Waals surface area contributed by atoms with Crippen LogP contribution in [0, 0.1) is 0 Å². The molecule has 0 aliphatic carbocycles. The average Bonchev–Trinajstić information content (AvgIpc) is 2.84. The summed E-state index contributed by atoms with van der Waals surface area (Å²) in [5.41, 5.74) is -0.0826. The standard InChI is InChI=1S/C25H27F3N4O4/c1-17(33)29-21-4-2-3-18(15-21)22(34)31-11-9-24(10-12-31)16-32(13-14-36-24)23(35)30-20-7-5-19(6-8-20)25(26,27)28/h2-8,15H,9-14,16H2,1H3,(H,29,33)(H,30,35). The number of nitrogens with zero attached hydrogens (tertiary/aromatic N) is 2. The van der Waals surface area contributed by atoms with E-state index >= 15 is 0 Å². The Hall–Kier alpha value is -3.60. The molecule has 4 rings (SSSR count). The van der Waals surface area contributed by atoms with Crippen molar-refractivity contribution < 1.29 is 32.3 Å². The molecule has 0 radical (unpaired) electrons. The second kappa shape index (κ2) is 10.2. The number of carbonyl (C=O) groups excluding carboxylic acids is 3. The molecular weight excluding hydrogens is 477 g/mol. The topological polar surface area (TPSA) is 91.0 Å². The highest BCUT2D eigenvalue weighted by molar-refractivity contribution is 5.97. The number of alkyl halides is 3. The molecule has 2 aromatic carbocycles. The minimum absolute atomic E-state index is 0.148. The Morgan fingerprint density at radius 3 is 2.25 bits per heavy atom. The number of ether oxygens (including phenoxy) is 1. The van der Waals surface area contributed by atoms with Crippen LogP contribution in [0.3, 0.4) is 0 Å². The molecule has 8 nitrogen and oxygen atoms in total. The van der Waals surface area contributed by atoms with Crippen molar-refractivity contribution in [2.75, 3.05) is 43.4 Å². The van der Waals surface area contributed by atoms with Crippen LogP contribution < -0.4 is 10.6 Å². The Bertz CT molecular complexity index is 1130. The fourth-order valence-corrected chi connectivity index (χ4v) is 4.50. The molecule has 2 heterocycles. The predicted octanol–water partition coefficient (Wildman–Crippen LogP) is 4.20. The molecule has 2 saturated heterocycles. The van der Waals surface area contributed by atoms with Gasteiger partial charge in [0.05, 0.1) is 24.3 Å². The zero-order chi connectivity index (χ0) is 25.9. The van der Waals surface area contributed by atoms with E-state index in [0.717, 1.165) is 12.1 Å². The van der Waals surface area contributed by atoms with Crippen LogP contribution in [0.15, 0.2) is 48.5 Å². The summed E-state index contributed by atoms with van der Waals surface area (Å²) in [5.74, 6) is -0.370. The van der Waals surface area contributed by atoms with Gasteiger partial charge in [0.25, 0.3) is 5.91 Å². The highest BCUT2D eigenvalue weighted by Gasteiger charge is 2.42. The molecule has 2 aliphatic heterocycles. The van der Waals surface area contributed by atoms with Crippen LogP contribution in [0.5, 0.6) is 0 Å². The van der Waals surface area contributed by atoms with Crippen LogP contribution in [0.2, 0.25) is 0 Å². The van der Waals surface area contributed by atoms with Gasteiger partial charge in [-0.15, -0.1) is 0 Å². The number of rotatable bonds is 3. The SMILES string of the molecule is CC(=O)Nc1cccc(C(=O)N2CCC3(CC2)CN(C(=O)Nc2ccc(C(F)(F)F)cc2)CCO3)c1. The van der Waals surface area contributed by atoms with Crippen LogP contribution >= 0.6 is 0 Å². The quantitative estimate of drug-likeness (QED) is 0.656. The average molecular weight is 505 g/mol. The Labute approximate surface area is 206 Å². The number of hydrogen-bond acceptors (Lipinski definition) is 4. The van der Waals surface area contributed by atoms with Gasteiger partial charge >= 0.3 is 12.2 Å². The summed E-state index contributed by atoms with van der Waals surface area (Å²) < 4.78 is 44.3. The van der Waals surface area contributed by atoms with E-state index in [1.165, 1.54) is 19.1 Å². The molecular formula is C25H27F3N4O4. The fraction of sp³-hybridized carbons (Fsp3) is 0.400. The van der Waals surface area contributed by atoms with Crippen LogP contribution in [0.25, 0.3) is 0 Å². The van der Waals surface area contributed by atoms with Crippen LogP contribution in [0.4, 0.5) is 29.3 Å². The molecule has 2 fully saturated rings. The first-order valence-electron chi connectivity index (χ1n) is 11.6. The summed E-state index contributed by atoms with van der Waals surface area (Å²) in [7, 11) is 0. The maximum atomic E-state index is 13.0. The maximum Gasteiger partial charge on any atom is 0.416 e. The zero-order valence-electron chi connectivity index (χ0n) is 19.7. The van der Waals surface area contributed by atoms with Gasteiger partial charge in [0.2, 0.25) is 5.91 Å². The predicted molar refractivity (Wildman–Crippen MR) is 127 cm³/mol. The molecule has 2 aliphatic rings. The van der Waals surface area contributed by atoms with Gasteiger partial charge < -0.3 is 25.2 Å². The van der Waals surface area contributed by atoms with E-state index < -0.39 is 23.4 Å². The smallest absolute Gasteiger partial charge is 0.371 e. The summed E-state index contributed by atoms with van der Waals surface area (Å²) >= 11 is 0. The molecule has 1 spiro atoms. The first-order chi connectivity index (χ1) is 17.0. The van der Waals surface area contributed by atoms with E-state index in [9.17, 15) is 27.6 Å². The molecule has 192 valence electrons. The molecule has 0 atom stereocenters. The van der Waals surface area contributed by atoms with E-state index in [4.69, 9.17) is 4.74 Å². The van der Waals surface area contributed by atoms with Crippen LogP contribution in [-0.4, -0.2) is 66.0 Å². The third-order valence-electron chi connectivity index (χ3n) is 6.39. The fourth-order valence-electron chi connectivity index (χ4n) is 4.50. The van der Waals surface area contributed by atoms with Crippen molar-refractivity contribution in [1.82, 2.24) is 9.80 Å². The normalized spacial score (nSPS) is 17.6. The number of hydrogen-bond donors (Lipinski definition) is 2. The lowest BCUT2D eigenvalue weighted by molar-refractivity contribution is -0.137. The lowest BCUT2D eigenvalue weighted by Crippen LogP contribution is -2.59. The minimum atomic E-state index is -4.44. The van der Waals surface area contributed by atoms with E-state index in [1.54, 1.807) is 34.1 Å². The van der Waals surface area contributed by atoms with Crippen LogP contribution in [0.1, 0.15) is 35.7 Å². The van der Waals surface area contributed by atoms with E-state index in [0.29, 0.717) is 56.9 Å². The van der Waals surface area contributed by atoms with Gasteiger partial charge in [0, 0.05) is 43.5 Å². The first kappa shape index (κ1) is 25.5. The highest BCUT2D eigenvalue weighted by atomic mass is 19.4. The van der Waals surface area contributed by atoms with Gasteiger partial charge in [-0.1, -0.05) is 6.07 Å². The van der Waals surface area contributed by atoms with Crippen molar-refractivity contribution in [1.29, 1.82) is 0 Å². The number of benzene rings is 2. The van der Waals surface area contributed by atoms with Gasteiger partial charge in [-0.05, 0) is 55.3 Å². The van der Waals surface area contributed by atoms with Crippen molar-refractivity contribution in [2.45, 2.75) is 31.5 Å². The molecule has 0 bridgehead atoms. The highest BCUT2D eigenvalue weighted by Crippen LogP contribution is 2.32.